The first kappa shape index (κ1) is 13.6. The van der Waals surface area contributed by atoms with Crippen molar-refractivity contribution < 1.29 is 9.18 Å². The summed E-state index contributed by atoms with van der Waals surface area (Å²) in [6.45, 7) is 4.21. The van der Waals surface area contributed by atoms with Gasteiger partial charge in [-0.25, -0.2) is 4.39 Å². The van der Waals surface area contributed by atoms with Gasteiger partial charge in [-0.2, -0.15) is 0 Å². The molecule has 0 aromatic heterocycles. The van der Waals surface area contributed by atoms with Gasteiger partial charge in [0.1, 0.15) is 5.82 Å². The van der Waals surface area contributed by atoms with Crippen molar-refractivity contribution in [3.63, 3.8) is 0 Å². The van der Waals surface area contributed by atoms with E-state index in [0.29, 0.717) is 12.2 Å². The molecular weight excluding hydrogens is 219 g/mol. The van der Waals surface area contributed by atoms with Gasteiger partial charge in [-0.1, -0.05) is 6.92 Å². The van der Waals surface area contributed by atoms with E-state index in [1.165, 1.54) is 12.1 Å². The fourth-order valence-electron chi connectivity index (χ4n) is 1.63. The maximum absolute atomic E-state index is 13.1. The SMILES string of the molecule is Cc1cc(F)cc(NC(=O)C(C)CCCN)c1. The maximum Gasteiger partial charge on any atom is 0.227 e. The minimum atomic E-state index is -0.338. The molecule has 0 aliphatic heterocycles. The van der Waals surface area contributed by atoms with Gasteiger partial charge in [-0.3, -0.25) is 4.79 Å². The van der Waals surface area contributed by atoms with E-state index in [1.807, 2.05) is 6.92 Å². The summed E-state index contributed by atoms with van der Waals surface area (Å²) in [7, 11) is 0. The molecular formula is C13H19FN2O. The Bertz CT molecular complexity index is 373. The summed E-state index contributed by atoms with van der Waals surface area (Å²) in [5.74, 6) is -0.541. The number of halogens is 1. The molecule has 94 valence electrons. The third-order valence-electron chi connectivity index (χ3n) is 2.60. The molecule has 0 spiro atoms. The van der Waals surface area contributed by atoms with Crippen LogP contribution in [-0.2, 0) is 4.79 Å². The van der Waals surface area contributed by atoms with Gasteiger partial charge >= 0.3 is 0 Å². The molecule has 0 saturated carbocycles. The van der Waals surface area contributed by atoms with Gasteiger partial charge < -0.3 is 11.1 Å². The minimum Gasteiger partial charge on any atom is -0.330 e. The van der Waals surface area contributed by atoms with Crippen LogP contribution in [0, 0.1) is 18.7 Å². The highest BCUT2D eigenvalue weighted by molar-refractivity contribution is 5.92. The second kappa shape index (κ2) is 6.35. The van der Waals surface area contributed by atoms with Crippen LogP contribution in [0.4, 0.5) is 10.1 Å². The molecule has 0 heterocycles. The molecule has 1 unspecified atom stereocenters. The Hall–Kier alpha value is -1.42. The number of hydrogen-bond acceptors (Lipinski definition) is 2. The number of carbonyl (C=O) groups is 1. The lowest BCUT2D eigenvalue weighted by molar-refractivity contribution is -0.119. The van der Waals surface area contributed by atoms with Crippen LogP contribution in [0.2, 0.25) is 0 Å². The van der Waals surface area contributed by atoms with E-state index in [-0.39, 0.29) is 17.6 Å². The van der Waals surface area contributed by atoms with Gasteiger partial charge in [0.15, 0.2) is 0 Å². The Morgan fingerprint density at radius 2 is 2.18 bits per heavy atom. The van der Waals surface area contributed by atoms with Crippen LogP contribution in [-0.4, -0.2) is 12.5 Å². The number of anilines is 1. The van der Waals surface area contributed by atoms with E-state index in [9.17, 15) is 9.18 Å². The van der Waals surface area contributed by atoms with Crippen molar-refractivity contribution in [3.8, 4) is 0 Å². The molecule has 0 aliphatic carbocycles. The molecule has 1 aromatic rings. The van der Waals surface area contributed by atoms with Gasteiger partial charge in [0.05, 0.1) is 0 Å². The van der Waals surface area contributed by atoms with Crippen LogP contribution in [0.15, 0.2) is 18.2 Å². The highest BCUT2D eigenvalue weighted by atomic mass is 19.1. The van der Waals surface area contributed by atoms with E-state index in [2.05, 4.69) is 5.32 Å². The van der Waals surface area contributed by atoms with E-state index in [0.717, 1.165) is 18.4 Å². The standard InChI is InChI=1S/C13H19FN2O/c1-9-6-11(14)8-12(7-9)16-13(17)10(2)4-3-5-15/h6-8,10H,3-5,15H2,1-2H3,(H,16,17). The average molecular weight is 238 g/mol. The highest BCUT2D eigenvalue weighted by Crippen LogP contribution is 2.15. The number of rotatable bonds is 5. The van der Waals surface area contributed by atoms with Gasteiger partial charge in [-0.05, 0) is 50.1 Å². The summed E-state index contributed by atoms with van der Waals surface area (Å²) >= 11 is 0. The molecule has 0 saturated heterocycles. The molecule has 0 aliphatic rings. The van der Waals surface area contributed by atoms with Gasteiger partial charge in [-0.15, -0.1) is 0 Å². The molecule has 1 amide bonds. The first-order chi connectivity index (χ1) is 8.02. The summed E-state index contributed by atoms with van der Waals surface area (Å²) in [6, 6.07) is 4.49. The predicted octanol–water partition coefficient (Wildman–Crippen LogP) is 2.45. The van der Waals surface area contributed by atoms with Crippen molar-refractivity contribution in [2.75, 3.05) is 11.9 Å². The van der Waals surface area contributed by atoms with E-state index >= 15 is 0 Å². The molecule has 1 atom stereocenters. The monoisotopic (exact) mass is 238 g/mol. The van der Waals surface area contributed by atoms with Crippen molar-refractivity contribution in [2.24, 2.45) is 11.7 Å². The lowest BCUT2D eigenvalue weighted by Crippen LogP contribution is -2.21. The first-order valence-electron chi connectivity index (χ1n) is 5.81. The van der Waals surface area contributed by atoms with Crippen LogP contribution in [0.3, 0.4) is 0 Å². The zero-order valence-electron chi connectivity index (χ0n) is 10.3. The fourth-order valence-corrected chi connectivity index (χ4v) is 1.63. The molecule has 1 aromatic carbocycles. The predicted molar refractivity (Wildman–Crippen MR) is 67.2 cm³/mol. The molecule has 0 bridgehead atoms. The molecule has 3 N–H and O–H groups in total. The largest absolute Gasteiger partial charge is 0.330 e. The lowest BCUT2D eigenvalue weighted by atomic mass is 10.0. The second-order valence-electron chi connectivity index (χ2n) is 4.34. The third-order valence-corrected chi connectivity index (χ3v) is 2.60. The summed E-state index contributed by atoms with van der Waals surface area (Å²) < 4.78 is 13.1. The number of benzene rings is 1. The van der Waals surface area contributed by atoms with Crippen LogP contribution in [0.1, 0.15) is 25.3 Å². The van der Waals surface area contributed by atoms with E-state index < -0.39 is 0 Å². The van der Waals surface area contributed by atoms with E-state index in [1.54, 1.807) is 13.0 Å². The lowest BCUT2D eigenvalue weighted by Gasteiger charge is -2.12. The summed E-state index contributed by atoms with van der Waals surface area (Å²) in [5.41, 5.74) is 6.68. The average Bonchev–Trinajstić information content (AvgIpc) is 2.24. The van der Waals surface area contributed by atoms with Crippen molar-refractivity contribution in [1.29, 1.82) is 0 Å². The van der Waals surface area contributed by atoms with Crippen LogP contribution < -0.4 is 11.1 Å². The number of aryl methyl sites for hydroxylation is 1. The zero-order chi connectivity index (χ0) is 12.8. The number of nitrogens with two attached hydrogens (primary N) is 1. The molecule has 0 radical (unpaired) electrons. The van der Waals surface area contributed by atoms with Crippen molar-refractivity contribution in [1.82, 2.24) is 0 Å². The zero-order valence-corrected chi connectivity index (χ0v) is 10.3. The number of amides is 1. The quantitative estimate of drug-likeness (QED) is 0.827. The molecule has 4 heteroatoms. The molecule has 1 rings (SSSR count). The first-order valence-corrected chi connectivity index (χ1v) is 5.81. The second-order valence-corrected chi connectivity index (χ2v) is 4.34. The number of hydrogen-bond donors (Lipinski definition) is 2. The molecule has 0 fully saturated rings. The van der Waals surface area contributed by atoms with Crippen molar-refractivity contribution in [2.45, 2.75) is 26.7 Å². The Kier molecular flexibility index (Phi) is 5.10. The normalized spacial score (nSPS) is 12.2. The van der Waals surface area contributed by atoms with Crippen LogP contribution in [0.5, 0.6) is 0 Å². The minimum absolute atomic E-state index is 0.0940. The van der Waals surface area contributed by atoms with Gasteiger partial charge in [0, 0.05) is 11.6 Å². The smallest absolute Gasteiger partial charge is 0.227 e. The summed E-state index contributed by atoms with van der Waals surface area (Å²) in [6.07, 6.45) is 1.56. The number of carbonyl (C=O) groups excluding carboxylic acids is 1. The number of nitrogens with one attached hydrogen (secondary N) is 1. The van der Waals surface area contributed by atoms with Crippen molar-refractivity contribution in [3.05, 3.63) is 29.6 Å². The molecule has 3 nitrogen and oxygen atoms in total. The Labute approximate surface area is 101 Å². The Morgan fingerprint density at radius 3 is 2.76 bits per heavy atom. The van der Waals surface area contributed by atoms with Crippen molar-refractivity contribution >= 4 is 11.6 Å². The van der Waals surface area contributed by atoms with E-state index in [4.69, 9.17) is 5.73 Å². The third kappa shape index (κ3) is 4.53. The Morgan fingerprint density at radius 1 is 1.47 bits per heavy atom. The summed E-state index contributed by atoms with van der Waals surface area (Å²) in [4.78, 5) is 11.8. The van der Waals surface area contributed by atoms with Gasteiger partial charge in [0.2, 0.25) is 5.91 Å². The van der Waals surface area contributed by atoms with Crippen LogP contribution in [0.25, 0.3) is 0 Å². The van der Waals surface area contributed by atoms with Gasteiger partial charge in [0.25, 0.3) is 0 Å². The van der Waals surface area contributed by atoms with Crippen LogP contribution >= 0.6 is 0 Å². The Balaban J connectivity index is 2.61. The topological polar surface area (TPSA) is 55.1 Å². The fraction of sp³-hybridized carbons (Fsp3) is 0.462. The highest BCUT2D eigenvalue weighted by Gasteiger charge is 2.12. The maximum atomic E-state index is 13.1. The molecule has 17 heavy (non-hydrogen) atoms. The summed E-state index contributed by atoms with van der Waals surface area (Å²) in [5, 5.41) is 2.71.